The molecule has 0 radical (unpaired) electrons. The predicted molar refractivity (Wildman–Crippen MR) is 136 cm³/mol. The second kappa shape index (κ2) is 9.16. The number of hydrogen-bond donors (Lipinski definition) is 2. The van der Waals surface area contributed by atoms with E-state index in [9.17, 15) is 5.11 Å². The summed E-state index contributed by atoms with van der Waals surface area (Å²) in [4.78, 5) is 12.0. The number of aryl methyl sites for hydroxylation is 1. The molecule has 176 valence electrons. The SMILES string of the molecule is CC1(C)CN(c2cc(-c3cccc(CCCCN)n3)cc3c2cnn3-c2cccc(CO)n2)C1. The summed E-state index contributed by atoms with van der Waals surface area (Å²) >= 11 is 0. The first-order valence-electron chi connectivity index (χ1n) is 12.0. The molecular weight excluding hydrogens is 424 g/mol. The molecule has 7 nitrogen and oxygen atoms in total. The molecule has 0 saturated carbocycles. The third-order valence-electron chi connectivity index (χ3n) is 6.41. The highest BCUT2D eigenvalue weighted by Gasteiger charge is 2.35. The average molecular weight is 457 g/mol. The van der Waals surface area contributed by atoms with E-state index in [2.05, 4.69) is 54.1 Å². The summed E-state index contributed by atoms with van der Waals surface area (Å²) in [6.45, 7) is 7.20. The molecule has 1 saturated heterocycles. The van der Waals surface area contributed by atoms with Crippen LogP contribution < -0.4 is 10.6 Å². The molecule has 1 fully saturated rings. The van der Waals surface area contributed by atoms with Gasteiger partial charge in [-0.1, -0.05) is 26.0 Å². The van der Waals surface area contributed by atoms with Gasteiger partial charge in [0.2, 0.25) is 0 Å². The number of benzene rings is 1. The van der Waals surface area contributed by atoms with Crippen molar-refractivity contribution in [1.82, 2.24) is 19.7 Å². The number of anilines is 1. The van der Waals surface area contributed by atoms with Crippen LogP contribution in [0.1, 0.15) is 38.1 Å². The molecule has 0 aliphatic carbocycles. The van der Waals surface area contributed by atoms with Crippen molar-refractivity contribution in [3.05, 3.63) is 66.1 Å². The maximum Gasteiger partial charge on any atom is 0.154 e. The first kappa shape index (κ1) is 22.5. The van der Waals surface area contributed by atoms with Crippen LogP contribution in [0.5, 0.6) is 0 Å². The third-order valence-corrected chi connectivity index (χ3v) is 6.41. The molecule has 5 rings (SSSR count). The molecule has 0 unspecified atom stereocenters. The minimum Gasteiger partial charge on any atom is -0.390 e. The van der Waals surface area contributed by atoms with E-state index in [-0.39, 0.29) is 6.61 Å². The van der Waals surface area contributed by atoms with Crippen LogP contribution in [0, 0.1) is 5.41 Å². The topological polar surface area (TPSA) is 93.1 Å². The highest BCUT2D eigenvalue weighted by molar-refractivity contribution is 5.97. The maximum absolute atomic E-state index is 9.56. The van der Waals surface area contributed by atoms with Crippen LogP contribution in [0.25, 0.3) is 28.0 Å². The number of aromatic nitrogens is 4. The Balaban J connectivity index is 1.61. The van der Waals surface area contributed by atoms with Crippen molar-refractivity contribution in [3.63, 3.8) is 0 Å². The normalized spacial score (nSPS) is 15.0. The Labute approximate surface area is 200 Å². The molecule has 1 aliphatic heterocycles. The van der Waals surface area contributed by atoms with Gasteiger partial charge in [-0.25, -0.2) is 9.67 Å². The van der Waals surface area contributed by atoms with Gasteiger partial charge in [0.15, 0.2) is 5.82 Å². The van der Waals surface area contributed by atoms with Crippen LogP contribution in [0.3, 0.4) is 0 Å². The van der Waals surface area contributed by atoms with Crippen molar-refractivity contribution in [2.45, 2.75) is 39.7 Å². The van der Waals surface area contributed by atoms with Gasteiger partial charge >= 0.3 is 0 Å². The number of rotatable bonds is 8. The Kier molecular flexibility index (Phi) is 6.06. The number of unbranched alkanes of at least 4 members (excludes halogenated alkanes) is 1. The van der Waals surface area contributed by atoms with Gasteiger partial charge in [-0.3, -0.25) is 4.98 Å². The van der Waals surface area contributed by atoms with Gasteiger partial charge in [0.25, 0.3) is 0 Å². The van der Waals surface area contributed by atoms with Crippen LogP contribution in [-0.2, 0) is 13.0 Å². The lowest BCUT2D eigenvalue weighted by Gasteiger charge is -2.47. The van der Waals surface area contributed by atoms with Crippen LogP contribution in [0.15, 0.2) is 54.7 Å². The summed E-state index contributed by atoms with van der Waals surface area (Å²) in [5.74, 6) is 0.692. The molecule has 0 amide bonds. The van der Waals surface area contributed by atoms with Crippen molar-refractivity contribution < 1.29 is 5.11 Å². The maximum atomic E-state index is 9.56. The second-order valence-corrected chi connectivity index (χ2v) is 9.91. The predicted octanol–water partition coefficient (Wildman–Crippen LogP) is 4.10. The number of aliphatic hydroxyl groups excluding tert-OH is 1. The molecule has 4 aromatic rings. The lowest BCUT2D eigenvalue weighted by atomic mass is 9.83. The molecule has 4 heterocycles. The number of aliphatic hydroxyl groups is 1. The Morgan fingerprint density at radius 2 is 1.79 bits per heavy atom. The highest BCUT2D eigenvalue weighted by atomic mass is 16.3. The molecule has 7 heteroatoms. The second-order valence-electron chi connectivity index (χ2n) is 9.91. The fraction of sp³-hybridized carbons (Fsp3) is 0.370. The van der Waals surface area contributed by atoms with Gasteiger partial charge in [0.1, 0.15) is 0 Å². The van der Waals surface area contributed by atoms with E-state index in [0.29, 0.717) is 23.5 Å². The summed E-state index contributed by atoms with van der Waals surface area (Å²) < 4.78 is 1.86. The summed E-state index contributed by atoms with van der Waals surface area (Å²) in [7, 11) is 0. The minimum atomic E-state index is -0.104. The quantitative estimate of drug-likeness (QED) is 0.388. The Hall–Kier alpha value is -3.29. The van der Waals surface area contributed by atoms with Gasteiger partial charge in [-0.05, 0) is 67.6 Å². The third kappa shape index (κ3) is 4.41. The molecule has 0 spiro atoms. The fourth-order valence-electron chi connectivity index (χ4n) is 4.76. The van der Waals surface area contributed by atoms with E-state index in [1.54, 1.807) is 0 Å². The molecule has 34 heavy (non-hydrogen) atoms. The largest absolute Gasteiger partial charge is 0.390 e. The number of fused-ring (bicyclic) bond motifs is 1. The van der Waals surface area contributed by atoms with Crippen molar-refractivity contribution >= 4 is 16.6 Å². The molecule has 0 atom stereocenters. The zero-order chi connectivity index (χ0) is 23.7. The van der Waals surface area contributed by atoms with E-state index >= 15 is 0 Å². The molecule has 1 aliphatic rings. The van der Waals surface area contributed by atoms with Crippen LogP contribution in [0.2, 0.25) is 0 Å². The summed E-state index contributed by atoms with van der Waals surface area (Å²) in [5.41, 5.74) is 11.8. The first-order chi connectivity index (χ1) is 16.5. The van der Waals surface area contributed by atoms with Gasteiger partial charge in [0.05, 0.1) is 29.7 Å². The summed E-state index contributed by atoms with van der Waals surface area (Å²) in [6.07, 6.45) is 4.89. The molecule has 3 N–H and O–H groups in total. The van der Waals surface area contributed by atoms with E-state index in [1.807, 2.05) is 29.1 Å². The lowest BCUT2D eigenvalue weighted by Crippen LogP contribution is -2.53. The zero-order valence-electron chi connectivity index (χ0n) is 19.9. The first-order valence-corrected chi connectivity index (χ1v) is 12.0. The Morgan fingerprint density at radius 1 is 1.00 bits per heavy atom. The van der Waals surface area contributed by atoms with Crippen LogP contribution in [-0.4, -0.2) is 44.5 Å². The van der Waals surface area contributed by atoms with E-state index in [1.165, 1.54) is 5.69 Å². The molecular formula is C27H32N6O. The summed E-state index contributed by atoms with van der Waals surface area (Å²) in [5, 5.41) is 15.3. The Bertz CT molecular complexity index is 1300. The average Bonchev–Trinajstić information content (AvgIpc) is 3.26. The monoisotopic (exact) mass is 456 g/mol. The van der Waals surface area contributed by atoms with Crippen molar-refractivity contribution in [3.8, 4) is 17.1 Å². The standard InChI is InChI=1S/C27H32N6O/c1-27(2)17-32(18-27)24-13-19(23-10-5-8-20(30-23)7-3-4-12-28)14-25-22(24)15-29-33(25)26-11-6-9-21(16-34)31-26/h5-6,8-11,13-15,34H,3-4,7,12,16-18,28H2,1-2H3. The molecule has 1 aromatic carbocycles. The van der Waals surface area contributed by atoms with Crippen molar-refractivity contribution in [2.75, 3.05) is 24.5 Å². The minimum absolute atomic E-state index is 0.104. The van der Waals surface area contributed by atoms with Crippen LogP contribution in [0.4, 0.5) is 5.69 Å². The van der Waals surface area contributed by atoms with Crippen molar-refractivity contribution in [2.24, 2.45) is 11.1 Å². The number of pyridine rings is 2. The highest BCUT2D eigenvalue weighted by Crippen LogP contribution is 2.40. The van der Waals surface area contributed by atoms with Gasteiger partial charge < -0.3 is 15.7 Å². The van der Waals surface area contributed by atoms with Gasteiger partial charge in [0, 0.05) is 35.4 Å². The van der Waals surface area contributed by atoms with Crippen LogP contribution >= 0.6 is 0 Å². The number of nitrogens with zero attached hydrogens (tertiary/aromatic N) is 5. The van der Waals surface area contributed by atoms with E-state index in [4.69, 9.17) is 15.8 Å². The van der Waals surface area contributed by atoms with Gasteiger partial charge in [-0.2, -0.15) is 5.10 Å². The molecule has 0 bridgehead atoms. The van der Waals surface area contributed by atoms with E-state index in [0.717, 1.165) is 60.2 Å². The molecule has 3 aromatic heterocycles. The fourth-order valence-corrected chi connectivity index (χ4v) is 4.76. The Morgan fingerprint density at radius 3 is 2.56 bits per heavy atom. The van der Waals surface area contributed by atoms with Crippen molar-refractivity contribution in [1.29, 1.82) is 0 Å². The lowest BCUT2D eigenvalue weighted by molar-refractivity contribution is 0.276. The number of hydrogen-bond acceptors (Lipinski definition) is 6. The van der Waals surface area contributed by atoms with Gasteiger partial charge in [-0.15, -0.1) is 0 Å². The zero-order valence-corrected chi connectivity index (χ0v) is 19.9. The summed E-state index contributed by atoms with van der Waals surface area (Å²) in [6, 6.07) is 16.3. The van der Waals surface area contributed by atoms with E-state index < -0.39 is 0 Å². The smallest absolute Gasteiger partial charge is 0.154 e. The number of nitrogens with two attached hydrogens (primary N) is 1.